The van der Waals surface area contributed by atoms with Gasteiger partial charge in [0.2, 0.25) is 0 Å². The topological polar surface area (TPSA) is 50.7 Å². The van der Waals surface area contributed by atoms with Crippen LogP contribution in [-0.2, 0) is 0 Å². The van der Waals surface area contributed by atoms with Gasteiger partial charge < -0.3 is 4.74 Å². The highest BCUT2D eigenvalue weighted by molar-refractivity contribution is 5.95. The van der Waals surface area contributed by atoms with Crippen molar-refractivity contribution in [2.75, 3.05) is 6.61 Å². The van der Waals surface area contributed by atoms with Crippen LogP contribution in [-0.4, -0.2) is 18.2 Å². The van der Waals surface area contributed by atoms with Crippen LogP contribution >= 0.6 is 0 Å². The molecule has 0 radical (unpaired) electrons. The number of hydrogen-bond acceptors (Lipinski definition) is 3. The molecule has 0 aliphatic rings. The van der Waals surface area contributed by atoms with Crippen LogP contribution in [0.3, 0.4) is 0 Å². The molecule has 0 spiro atoms. The van der Waals surface area contributed by atoms with E-state index < -0.39 is 0 Å². The summed E-state index contributed by atoms with van der Waals surface area (Å²) in [5.74, 6) is 0.875. The lowest BCUT2D eigenvalue weighted by atomic mass is 10.1. The van der Waals surface area contributed by atoms with Crippen molar-refractivity contribution in [3.05, 3.63) is 29.8 Å². The Balaban J connectivity index is 2.64. The van der Waals surface area contributed by atoms with Crippen LogP contribution in [0.5, 0.6) is 5.75 Å². The zero-order valence-electron chi connectivity index (χ0n) is 11.4. The van der Waals surface area contributed by atoms with Crippen LogP contribution in [0.15, 0.2) is 29.4 Å². The van der Waals surface area contributed by atoms with Crippen molar-refractivity contribution in [1.29, 1.82) is 0 Å². The van der Waals surface area contributed by atoms with E-state index in [1.54, 1.807) is 24.3 Å². The molecule has 0 bridgehead atoms. The molecule has 18 heavy (non-hydrogen) atoms. The van der Waals surface area contributed by atoms with E-state index in [4.69, 9.17) is 4.74 Å². The number of amides is 1. The van der Waals surface area contributed by atoms with E-state index in [1.807, 2.05) is 27.7 Å². The monoisotopic (exact) mass is 248 g/mol. The third-order valence-electron chi connectivity index (χ3n) is 2.60. The Morgan fingerprint density at radius 1 is 1.33 bits per heavy atom. The first kappa shape index (κ1) is 14.2. The summed E-state index contributed by atoms with van der Waals surface area (Å²) in [5.41, 5.74) is 4.01. The van der Waals surface area contributed by atoms with E-state index in [0.717, 1.165) is 11.5 Å². The molecule has 0 heterocycles. The van der Waals surface area contributed by atoms with Gasteiger partial charge >= 0.3 is 0 Å². The first-order chi connectivity index (χ1) is 8.54. The molecule has 1 rings (SSSR count). The van der Waals surface area contributed by atoms with Gasteiger partial charge in [0.05, 0.1) is 6.61 Å². The van der Waals surface area contributed by atoms with Crippen LogP contribution < -0.4 is 10.2 Å². The van der Waals surface area contributed by atoms with Crippen LogP contribution in [0.25, 0.3) is 0 Å². The van der Waals surface area contributed by atoms with Gasteiger partial charge in [-0.3, -0.25) is 4.79 Å². The Morgan fingerprint density at radius 2 is 1.94 bits per heavy atom. The van der Waals surface area contributed by atoms with Gasteiger partial charge in [-0.1, -0.05) is 13.8 Å². The van der Waals surface area contributed by atoms with E-state index in [0.29, 0.717) is 18.1 Å². The Hall–Kier alpha value is -1.84. The quantitative estimate of drug-likeness (QED) is 0.643. The first-order valence-electron chi connectivity index (χ1n) is 6.12. The van der Waals surface area contributed by atoms with Crippen molar-refractivity contribution in [3.8, 4) is 5.75 Å². The molecule has 0 aliphatic carbocycles. The molecule has 1 N–H and O–H groups in total. The number of carbonyl (C=O) groups is 1. The first-order valence-corrected chi connectivity index (χ1v) is 6.12. The summed E-state index contributed by atoms with van der Waals surface area (Å²) >= 11 is 0. The van der Waals surface area contributed by atoms with Gasteiger partial charge in [0, 0.05) is 11.3 Å². The van der Waals surface area contributed by atoms with Crippen LogP contribution in [0.4, 0.5) is 0 Å². The Kier molecular flexibility index (Phi) is 5.36. The van der Waals surface area contributed by atoms with Gasteiger partial charge in [-0.15, -0.1) is 0 Å². The molecule has 4 nitrogen and oxygen atoms in total. The summed E-state index contributed by atoms with van der Waals surface area (Å²) < 4.78 is 5.31. The number of carbonyl (C=O) groups excluding carboxylic acids is 1. The highest BCUT2D eigenvalue weighted by atomic mass is 16.5. The number of hydrazone groups is 1. The molecule has 0 fully saturated rings. The van der Waals surface area contributed by atoms with Crippen LogP contribution in [0, 0.1) is 5.92 Å². The van der Waals surface area contributed by atoms with Crippen molar-refractivity contribution in [2.24, 2.45) is 11.0 Å². The van der Waals surface area contributed by atoms with Gasteiger partial charge in [0.15, 0.2) is 0 Å². The fraction of sp³-hybridized carbons (Fsp3) is 0.429. The maximum Gasteiger partial charge on any atom is 0.271 e. The number of rotatable bonds is 5. The van der Waals surface area contributed by atoms with E-state index in [2.05, 4.69) is 10.5 Å². The minimum absolute atomic E-state index is 0.210. The molecular weight excluding hydrogens is 228 g/mol. The Bertz CT molecular complexity index is 422. The van der Waals surface area contributed by atoms with Gasteiger partial charge in [-0.2, -0.15) is 5.10 Å². The molecule has 0 atom stereocenters. The number of nitrogens with one attached hydrogen (secondary N) is 1. The number of benzene rings is 1. The van der Waals surface area contributed by atoms with Crippen molar-refractivity contribution in [3.63, 3.8) is 0 Å². The van der Waals surface area contributed by atoms with Crippen LogP contribution in [0.2, 0.25) is 0 Å². The minimum Gasteiger partial charge on any atom is -0.494 e. The summed E-state index contributed by atoms with van der Waals surface area (Å²) in [6, 6.07) is 7.00. The van der Waals surface area contributed by atoms with Crippen molar-refractivity contribution < 1.29 is 9.53 Å². The summed E-state index contributed by atoms with van der Waals surface area (Å²) in [6.07, 6.45) is 0. The van der Waals surface area contributed by atoms with E-state index in [1.165, 1.54) is 0 Å². The van der Waals surface area contributed by atoms with Crippen LogP contribution in [0.1, 0.15) is 38.1 Å². The van der Waals surface area contributed by atoms with Crippen molar-refractivity contribution in [2.45, 2.75) is 27.7 Å². The molecule has 0 saturated carbocycles. The fourth-order valence-corrected chi connectivity index (χ4v) is 1.20. The maximum absolute atomic E-state index is 11.8. The standard InChI is InChI=1S/C14H20N2O2/c1-5-18-13-8-6-12(7-9-13)14(17)16-15-11(4)10(2)3/h6-10H,5H2,1-4H3,(H,16,17)/b15-11+. The fourth-order valence-electron chi connectivity index (χ4n) is 1.20. The predicted molar refractivity (Wildman–Crippen MR) is 73.0 cm³/mol. The molecule has 1 aromatic carbocycles. The second kappa shape index (κ2) is 6.79. The lowest BCUT2D eigenvalue weighted by Gasteiger charge is -2.06. The average molecular weight is 248 g/mol. The lowest BCUT2D eigenvalue weighted by molar-refractivity contribution is 0.0954. The third kappa shape index (κ3) is 4.20. The van der Waals surface area contributed by atoms with E-state index in [9.17, 15) is 4.79 Å². The van der Waals surface area contributed by atoms with Gasteiger partial charge in [-0.05, 0) is 44.0 Å². The summed E-state index contributed by atoms with van der Waals surface area (Å²) in [7, 11) is 0. The average Bonchev–Trinajstić information content (AvgIpc) is 2.36. The lowest BCUT2D eigenvalue weighted by Crippen LogP contribution is -2.20. The van der Waals surface area contributed by atoms with Gasteiger partial charge in [0.1, 0.15) is 5.75 Å². The maximum atomic E-state index is 11.8. The molecule has 0 unspecified atom stereocenters. The zero-order valence-corrected chi connectivity index (χ0v) is 11.4. The molecular formula is C14H20N2O2. The summed E-state index contributed by atoms with van der Waals surface area (Å²) in [4.78, 5) is 11.8. The third-order valence-corrected chi connectivity index (χ3v) is 2.60. The molecule has 4 heteroatoms. The highest BCUT2D eigenvalue weighted by Gasteiger charge is 2.05. The smallest absolute Gasteiger partial charge is 0.271 e. The normalized spacial score (nSPS) is 11.5. The number of hydrogen-bond donors (Lipinski definition) is 1. The van der Waals surface area contributed by atoms with E-state index in [-0.39, 0.29) is 5.91 Å². The number of ether oxygens (including phenoxy) is 1. The molecule has 1 amide bonds. The predicted octanol–water partition coefficient (Wildman–Crippen LogP) is 2.85. The molecule has 1 aromatic rings. The van der Waals surface area contributed by atoms with Crippen molar-refractivity contribution >= 4 is 11.6 Å². The number of nitrogens with zero attached hydrogens (tertiary/aromatic N) is 1. The summed E-state index contributed by atoms with van der Waals surface area (Å²) in [5, 5.41) is 4.04. The van der Waals surface area contributed by atoms with E-state index >= 15 is 0 Å². The Labute approximate surface area is 108 Å². The van der Waals surface area contributed by atoms with Gasteiger partial charge in [-0.25, -0.2) is 5.43 Å². The van der Waals surface area contributed by atoms with Crippen molar-refractivity contribution in [1.82, 2.24) is 5.43 Å². The largest absolute Gasteiger partial charge is 0.494 e. The highest BCUT2D eigenvalue weighted by Crippen LogP contribution is 2.11. The molecule has 0 aliphatic heterocycles. The molecule has 98 valence electrons. The molecule has 0 aromatic heterocycles. The summed E-state index contributed by atoms with van der Waals surface area (Å²) in [6.45, 7) is 8.49. The zero-order chi connectivity index (χ0) is 13.5. The SMILES string of the molecule is CCOc1ccc(C(=O)N/N=C(\C)C(C)C)cc1. The second-order valence-electron chi connectivity index (χ2n) is 4.31. The minimum atomic E-state index is -0.210. The second-order valence-corrected chi connectivity index (χ2v) is 4.31. The Morgan fingerprint density at radius 3 is 2.44 bits per heavy atom. The molecule has 0 saturated heterocycles. The van der Waals surface area contributed by atoms with Gasteiger partial charge in [0.25, 0.3) is 5.91 Å².